The van der Waals surface area contributed by atoms with Crippen molar-refractivity contribution in [3.8, 4) is 0 Å². The van der Waals surface area contributed by atoms with Gasteiger partial charge in [-0.25, -0.2) is 0 Å². The van der Waals surface area contributed by atoms with E-state index >= 15 is 0 Å². The van der Waals surface area contributed by atoms with Crippen LogP contribution in [0.1, 0.15) is 48.8 Å². The minimum atomic E-state index is 0.745. The first-order valence-corrected chi connectivity index (χ1v) is 5.47. The van der Waals surface area contributed by atoms with Gasteiger partial charge in [-0.3, -0.25) is 0 Å². The second-order valence-electron chi connectivity index (χ2n) is 4.78. The molecule has 0 N–H and O–H groups in total. The molecule has 3 rings (SSSR count). The molecule has 0 fully saturated rings. The molecule has 2 atom stereocenters. The predicted octanol–water partition coefficient (Wildman–Crippen LogP) is 3.92. The predicted molar refractivity (Wildman–Crippen MR) is 59.7 cm³/mol. The zero-order chi connectivity index (χ0) is 9.87. The van der Waals surface area contributed by atoms with Crippen LogP contribution in [0, 0.1) is 6.92 Å². The fourth-order valence-electron chi connectivity index (χ4n) is 3.32. The summed E-state index contributed by atoms with van der Waals surface area (Å²) in [7, 11) is 0. The lowest BCUT2D eigenvalue weighted by Crippen LogP contribution is -2.02. The van der Waals surface area contributed by atoms with Crippen molar-refractivity contribution in [1.29, 1.82) is 0 Å². The molecule has 2 bridgehead atoms. The average Bonchev–Trinajstić information content (AvgIpc) is 2.67. The molecule has 0 heteroatoms. The van der Waals surface area contributed by atoms with Crippen molar-refractivity contribution in [2.75, 3.05) is 0 Å². The summed E-state index contributed by atoms with van der Waals surface area (Å²) in [6.45, 7) is 6.88. The number of rotatable bonds is 0. The maximum atomic E-state index is 2.32. The third kappa shape index (κ3) is 0.796. The van der Waals surface area contributed by atoms with Gasteiger partial charge in [0.25, 0.3) is 0 Å². The van der Waals surface area contributed by atoms with E-state index in [-0.39, 0.29) is 0 Å². The third-order valence-electron chi connectivity index (χ3n) is 4.22. The molecule has 1 aromatic rings. The summed E-state index contributed by atoms with van der Waals surface area (Å²) in [6.07, 6.45) is 1.35. The summed E-state index contributed by atoms with van der Waals surface area (Å²) in [5.41, 5.74) is 8.01. The van der Waals surface area contributed by atoms with Crippen molar-refractivity contribution in [3.05, 3.63) is 46.0 Å². The Morgan fingerprint density at radius 1 is 1.00 bits per heavy atom. The number of fused-ring (bicyclic) bond motifs is 5. The van der Waals surface area contributed by atoms with Gasteiger partial charge in [0.1, 0.15) is 0 Å². The van der Waals surface area contributed by atoms with Crippen LogP contribution in [0.3, 0.4) is 0 Å². The molecule has 2 aliphatic carbocycles. The summed E-state index contributed by atoms with van der Waals surface area (Å²) in [6, 6.07) is 6.78. The van der Waals surface area contributed by atoms with Crippen molar-refractivity contribution >= 4 is 0 Å². The fraction of sp³-hybridized carbons (Fsp3) is 0.429. The summed E-state index contributed by atoms with van der Waals surface area (Å²) >= 11 is 0. The van der Waals surface area contributed by atoms with Gasteiger partial charge in [0.05, 0.1) is 0 Å². The monoisotopic (exact) mass is 184 g/mol. The number of hydrogen-bond donors (Lipinski definition) is 0. The SMILES string of the molecule is CC1=C(C)[C@@H]2C[C@H]1c1cccc(C)c12. The van der Waals surface area contributed by atoms with Crippen LogP contribution in [0.15, 0.2) is 29.3 Å². The van der Waals surface area contributed by atoms with Crippen molar-refractivity contribution < 1.29 is 0 Å². The summed E-state index contributed by atoms with van der Waals surface area (Å²) in [4.78, 5) is 0. The molecule has 0 saturated heterocycles. The van der Waals surface area contributed by atoms with Crippen LogP contribution >= 0.6 is 0 Å². The second kappa shape index (κ2) is 2.50. The lowest BCUT2D eigenvalue weighted by Gasteiger charge is -2.20. The van der Waals surface area contributed by atoms with Crippen LogP contribution in [-0.2, 0) is 0 Å². The summed E-state index contributed by atoms with van der Waals surface area (Å²) < 4.78 is 0. The molecule has 0 nitrogen and oxygen atoms in total. The van der Waals surface area contributed by atoms with Crippen LogP contribution in [0.2, 0.25) is 0 Å². The van der Waals surface area contributed by atoms with Gasteiger partial charge in [-0.15, -0.1) is 0 Å². The van der Waals surface area contributed by atoms with Crippen LogP contribution < -0.4 is 0 Å². The van der Waals surface area contributed by atoms with Gasteiger partial charge < -0.3 is 0 Å². The van der Waals surface area contributed by atoms with Gasteiger partial charge in [-0.1, -0.05) is 29.3 Å². The van der Waals surface area contributed by atoms with Crippen LogP contribution in [0.5, 0.6) is 0 Å². The summed E-state index contributed by atoms with van der Waals surface area (Å²) in [5, 5.41) is 0. The molecule has 0 heterocycles. The number of aryl methyl sites for hydroxylation is 1. The number of hydrogen-bond acceptors (Lipinski definition) is 0. The molecule has 0 aromatic heterocycles. The summed E-state index contributed by atoms with van der Waals surface area (Å²) in [5.74, 6) is 1.49. The Morgan fingerprint density at radius 3 is 2.50 bits per heavy atom. The quantitative estimate of drug-likeness (QED) is 0.536. The number of allylic oxidation sites excluding steroid dienone is 2. The van der Waals surface area contributed by atoms with Gasteiger partial charge in [-0.05, 0) is 43.9 Å². The Morgan fingerprint density at radius 2 is 1.71 bits per heavy atom. The van der Waals surface area contributed by atoms with Gasteiger partial charge >= 0.3 is 0 Å². The molecule has 1 aromatic carbocycles. The average molecular weight is 184 g/mol. The molecule has 14 heavy (non-hydrogen) atoms. The first kappa shape index (κ1) is 8.28. The maximum Gasteiger partial charge on any atom is 0.00626 e. The molecule has 0 radical (unpaired) electrons. The highest BCUT2D eigenvalue weighted by molar-refractivity contribution is 5.56. The van der Waals surface area contributed by atoms with Crippen LogP contribution in [-0.4, -0.2) is 0 Å². The molecule has 2 aliphatic rings. The molecule has 0 spiro atoms. The molecule has 0 saturated carbocycles. The molecule has 72 valence electrons. The van der Waals surface area contributed by atoms with E-state index in [1.165, 1.54) is 12.0 Å². The lowest BCUT2D eigenvalue weighted by atomic mass is 9.85. The molecule has 0 amide bonds. The highest BCUT2D eigenvalue weighted by Gasteiger charge is 2.40. The van der Waals surface area contributed by atoms with Crippen molar-refractivity contribution in [3.63, 3.8) is 0 Å². The Bertz CT molecular complexity index is 437. The zero-order valence-corrected chi connectivity index (χ0v) is 9.09. The van der Waals surface area contributed by atoms with E-state index < -0.39 is 0 Å². The van der Waals surface area contributed by atoms with E-state index in [2.05, 4.69) is 39.0 Å². The largest absolute Gasteiger partial charge is 0.0662 e. The Kier molecular flexibility index (Phi) is 1.48. The van der Waals surface area contributed by atoms with Crippen molar-refractivity contribution in [1.82, 2.24) is 0 Å². The van der Waals surface area contributed by atoms with E-state index in [0.29, 0.717) is 0 Å². The van der Waals surface area contributed by atoms with Crippen LogP contribution in [0.25, 0.3) is 0 Å². The zero-order valence-electron chi connectivity index (χ0n) is 9.09. The van der Waals surface area contributed by atoms with E-state index in [1.54, 1.807) is 22.3 Å². The smallest absolute Gasteiger partial charge is 0.00626 e. The normalized spacial score (nSPS) is 28.5. The Balaban J connectivity index is 2.26. The molecule has 0 aliphatic heterocycles. The number of benzene rings is 1. The van der Waals surface area contributed by atoms with Gasteiger partial charge in [0.15, 0.2) is 0 Å². The standard InChI is InChI=1S/C14H16/c1-8-5-4-6-11-12-7-13(14(8)11)10(3)9(12)2/h4-6,12-13H,7H2,1-3H3/t12-,13+/m1/s1. The van der Waals surface area contributed by atoms with Crippen molar-refractivity contribution in [2.24, 2.45) is 0 Å². The Labute approximate surface area is 85.6 Å². The van der Waals surface area contributed by atoms with Crippen molar-refractivity contribution in [2.45, 2.75) is 39.0 Å². The topological polar surface area (TPSA) is 0 Å². The van der Waals surface area contributed by atoms with E-state index in [0.717, 1.165) is 11.8 Å². The maximum absolute atomic E-state index is 2.32. The van der Waals surface area contributed by atoms with E-state index in [9.17, 15) is 0 Å². The van der Waals surface area contributed by atoms with E-state index in [1.807, 2.05) is 0 Å². The first-order valence-electron chi connectivity index (χ1n) is 5.47. The molecular formula is C14H16. The van der Waals surface area contributed by atoms with Gasteiger partial charge in [-0.2, -0.15) is 0 Å². The highest BCUT2D eigenvalue weighted by atomic mass is 14.4. The lowest BCUT2D eigenvalue weighted by molar-refractivity contribution is 0.772. The van der Waals surface area contributed by atoms with Gasteiger partial charge in [0.2, 0.25) is 0 Å². The third-order valence-corrected chi connectivity index (χ3v) is 4.22. The van der Waals surface area contributed by atoms with E-state index in [4.69, 9.17) is 0 Å². The van der Waals surface area contributed by atoms with Gasteiger partial charge in [0, 0.05) is 11.8 Å². The first-order chi connectivity index (χ1) is 6.70. The molecule has 0 unspecified atom stereocenters. The Hall–Kier alpha value is -1.04. The fourth-order valence-corrected chi connectivity index (χ4v) is 3.32. The highest BCUT2D eigenvalue weighted by Crippen LogP contribution is 2.56. The molecular weight excluding hydrogens is 168 g/mol. The minimum absolute atomic E-state index is 0.745. The van der Waals surface area contributed by atoms with Crippen LogP contribution in [0.4, 0.5) is 0 Å². The second-order valence-corrected chi connectivity index (χ2v) is 4.78. The minimum Gasteiger partial charge on any atom is -0.0662 e.